The Morgan fingerprint density at radius 3 is 2.49 bits per heavy atom. The van der Waals surface area contributed by atoms with Crippen LogP contribution in [0.5, 0.6) is 0 Å². The molecular formula is C25H28FN5O3S. The number of carbonyl (C=O) groups is 2. The van der Waals surface area contributed by atoms with Gasteiger partial charge in [0.25, 0.3) is 5.91 Å². The number of benzene rings is 2. The Morgan fingerprint density at radius 1 is 1.11 bits per heavy atom. The summed E-state index contributed by atoms with van der Waals surface area (Å²) < 4.78 is 20.7. The van der Waals surface area contributed by atoms with E-state index in [0.717, 1.165) is 23.8 Å². The lowest BCUT2D eigenvalue weighted by atomic mass is 10.0. The number of imidazole rings is 1. The molecule has 4 rings (SSSR count). The molecule has 35 heavy (non-hydrogen) atoms. The van der Waals surface area contributed by atoms with Gasteiger partial charge in [-0.1, -0.05) is 23.9 Å². The van der Waals surface area contributed by atoms with Crippen LogP contribution >= 0.6 is 11.8 Å². The molecule has 0 bridgehead atoms. The van der Waals surface area contributed by atoms with Gasteiger partial charge < -0.3 is 19.9 Å². The molecule has 184 valence electrons. The third-order valence-electron chi connectivity index (χ3n) is 5.74. The SMILES string of the molecule is Cn1ccnc1SCC(=O)Nc1ccc(C(=O)NC[C@@H](c2ccc(F)cc2)N2CCOCC2)cc1. The number of nitrogens with zero attached hydrogens (tertiary/aromatic N) is 3. The minimum absolute atomic E-state index is 0.0850. The van der Waals surface area contributed by atoms with E-state index in [1.807, 2.05) is 17.8 Å². The first-order valence-corrected chi connectivity index (χ1v) is 12.3. The van der Waals surface area contributed by atoms with Gasteiger partial charge in [0.1, 0.15) is 5.82 Å². The number of halogens is 1. The number of ether oxygens (including phenoxy) is 1. The predicted octanol–water partition coefficient (Wildman–Crippen LogP) is 3.09. The molecule has 3 aromatic rings. The van der Waals surface area contributed by atoms with Crippen LogP contribution in [0.1, 0.15) is 22.0 Å². The number of aromatic nitrogens is 2. The summed E-state index contributed by atoms with van der Waals surface area (Å²) in [5.74, 6) is -0.420. The van der Waals surface area contributed by atoms with Gasteiger partial charge in [-0.3, -0.25) is 14.5 Å². The highest BCUT2D eigenvalue weighted by Gasteiger charge is 2.23. The Bertz CT molecular complexity index is 1130. The Morgan fingerprint density at radius 2 is 1.83 bits per heavy atom. The molecule has 0 saturated carbocycles. The van der Waals surface area contributed by atoms with E-state index in [4.69, 9.17) is 4.74 Å². The number of anilines is 1. The monoisotopic (exact) mass is 497 g/mol. The average molecular weight is 498 g/mol. The van der Waals surface area contributed by atoms with Gasteiger partial charge in [-0.15, -0.1) is 0 Å². The summed E-state index contributed by atoms with van der Waals surface area (Å²) in [6.45, 7) is 3.11. The average Bonchev–Trinajstić information content (AvgIpc) is 3.29. The maximum atomic E-state index is 13.4. The van der Waals surface area contributed by atoms with Gasteiger partial charge in [0.2, 0.25) is 5.91 Å². The summed E-state index contributed by atoms with van der Waals surface area (Å²) in [4.78, 5) is 31.5. The summed E-state index contributed by atoms with van der Waals surface area (Å²) in [5, 5.41) is 6.59. The van der Waals surface area contributed by atoms with E-state index in [0.29, 0.717) is 31.0 Å². The fourth-order valence-corrected chi connectivity index (χ4v) is 4.58. The molecule has 1 fully saturated rings. The number of amides is 2. The number of rotatable bonds is 9. The fourth-order valence-electron chi connectivity index (χ4n) is 3.85. The second kappa shape index (κ2) is 12.0. The first kappa shape index (κ1) is 24.9. The van der Waals surface area contributed by atoms with Gasteiger partial charge in [0.15, 0.2) is 5.16 Å². The number of thioether (sulfide) groups is 1. The minimum Gasteiger partial charge on any atom is -0.379 e. The molecule has 1 saturated heterocycles. The van der Waals surface area contributed by atoms with Crippen molar-refractivity contribution in [1.82, 2.24) is 19.8 Å². The topological polar surface area (TPSA) is 88.5 Å². The van der Waals surface area contributed by atoms with Crippen molar-refractivity contribution in [2.45, 2.75) is 11.2 Å². The van der Waals surface area contributed by atoms with Crippen LogP contribution in [0.15, 0.2) is 66.1 Å². The summed E-state index contributed by atoms with van der Waals surface area (Å²) in [5.41, 5.74) is 2.05. The van der Waals surface area contributed by atoms with Gasteiger partial charge in [0.05, 0.1) is 25.0 Å². The first-order valence-electron chi connectivity index (χ1n) is 11.3. The molecule has 0 aliphatic carbocycles. The highest BCUT2D eigenvalue weighted by atomic mass is 32.2. The highest BCUT2D eigenvalue weighted by Crippen LogP contribution is 2.22. The van der Waals surface area contributed by atoms with E-state index in [1.165, 1.54) is 23.9 Å². The quantitative estimate of drug-likeness (QED) is 0.442. The smallest absolute Gasteiger partial charge is 0.251 e. The standard InChI is InChI=1S/C25H28FN5O3S/c1-30-11-10-27-25(30)35-17-23(32)29-21-8-4-19(5-9-21)24(33)28-16-22(31-12-14-34-15-13-31)18-2-6-20(26)7-3-18/h2-11,22H,12-17H2,1H3,(H,28,33)(H,29,32)/t22-/m0/s1. The van der Waals surface area contributed by atoms with Crippen LogP contribution in [0.25, 0.3) is 0 Å². The second-order valence-electron chi connectivity index (χ2n) is 8.16. The summed E-state index contributed by atoms with van der Waals surface area (Å²) >= 11 is 1.35. The van der Waals surface area contributed by atoms with Crippen molar-refractivity contribution in [3.05, 3.63) is 77.9 Å². The maximum Gasteiger partial charge on any atom is 0.251 e. The number of hydrogen-bond acceptors (Lipinski definition) is 6. The largest absolute Gasteiger partial charge is 0.379 e. The van der Waals surface area contributed by atoms with E-state index >= 15 is 0 Å². The lowest BCUT2D eigenvalue weighted by molar-refractivity contribution is -0.113. The Kier molecular flexibility index (Phi) is 8.51. The van der Waals surface area contributed by atoms with Crippen molar-refractivity contribution in [2.75, 3.05) is 43.9 Å². The fraction of sp³-hybridized carbons (Fsp3) is 0.320. The maximum absolute atomic E-state index is 13.4. The zero-order valence-corrected chi connectivity index (χ0v) is 20.3. The van der Waals surface area contributed by atoms with Crippen LogP contribution in [-0.4, -0.2) is 64.9 Å². The molecule has 1 aliphatic rings. The van der Waals surface area contributed by atoms with Crippen molar-refractivity contribution in [3.63, 3.8) is 0 Å². The summed E-state index contributed by atoms with van der Waals surface area (Å²) in [6, 6.07) is 13.1. The third kappa shape index (κ3) is 6.91. The van der Waals surface area contributed by atoms with Crippen LogP contribution in [0, 0.1) is 5.82 Å². The van der Waals surface area contributed by atoms with E-state index in [2.05, 4.69) is 20.5 Å². The van der Waals surface area contributed by atoms with Crippen LogP contribution < -0.4 is 10.6 Å². The molecule has 0 spiro atoms. The van der Waals surface area contributed by atoms with Crippen LogP contribution in [0.3, 0.4) is 0 Å². The molecule has 2 N–H and O–H groups in total. The molecule has 1 aliphatic heterocycles. The molecule has 1 aromatic heterocycles. The van der Waals surface area contributed by atoms with Crippen molar-refractivity contribution in [3.8, 4) is 0 Å². The number of aryl methyl sites for hydroxylation is 1. The normalized spacial score (nSPS) is 14.9. The predicted molar refractivity (Wildman–Crippen MR) is 133 cm³/mol. The minimum atomic E-state index is -0.291. The lowest BCUT2D eigenvalue weighted by Crippen LogP contribution is -2.43. The van der Waals surface area contributed by atoms with E-state index in [1.54, 1.807) is 42.6 Å². The second-order valence-corrected chi connectivity index (χ2v) is 9.10. The number of morpholine rings is 1. The van der Waals surface area contributed by atoms with Gasteiger partial charge in [-0.25, -0.2) is 9.37 Å². The van der Waals surface area contributed by atoms with Gasteiger partial charge in [0, 0.05) is 50.3 Å². The lowest BCUT2D eigenvalue weighted by Gasteiger charge is -2.35. The molecule has 2 heterocycles. The van der Waals surface area contributed by atoms with Crippen LogP contribution in [0.4, 0.5) is 10.1 Å². The van der Waals surface area contributed by atoms with Gasteiger partial charge >= 0.3 is 0 Å². The zero-order chi connectivity index (χ0) is 24.6. The van der Waals surface area contributed by atoms with Gasteiger partial charge in [-0.2, -0.15) is 0 Å². The Hall–Kier alpha value is -3.21. The zero-order valence-electron chi connectivity index (χ0n) is 19.4. The Balaban J connectivity index is 1.32. The summed E-state index contributed by atoms with van der Waals surface area (Å²) in [6.07, 6.45) is 3.51. The van der Waals surface area contributed by atoms with Crippen molar-refractivity contribution in [1.29, 1.82) is 0 Å². The third-order valence-corrected chi connectivity index (χ3v) is 6.80. The van der Waals surface area contributed by atoms with Crippen molar-refractivity contribution >= 4 is 29.3 Å². The first-order chi connectivity index (χ1) is 17.0. The molecule has 2 aromatic carbocycles. The van der Waals surface area contributed by atoms with E-state index < -0.39 is 0 Å². The molecule has 1 atom stereocenters. The highest BCUT2D eigenvalue weighted by molar-refractivity contribution is 7.99. The number of carbonyl (C=O) groups excluding carboxylic acids is 2. The Labute approximate surface area is 207 Å². The number of nitrogens with one attached hydrogen (secondary N) is 2. The van der Waals surface area contributed by atoms with Crippen molar-refractivity contribution in [2.24, 2.45) is 7.05 Å². The number of hydrogen-bond donors (Lipinski definition) is 2. The van der Waals surface area contributed by atoms with Crippen molar-refractivity contribution < 1.29 is 18.7 Å². The van der Waals surface area contributed by atoms with E-state index in [9.17, 15) is 14.0 Å². The summed E-state index contributed by atoms with van der Waals surface area (Å²) in [7, 11) is 1.87. The van der Waals surface area contributed by atoms with Crippen LogP contribution in [-0.2, 0) is 16.6 Å². The molecule has 2 amide bonds. The van der Waals surface area contributed by atoms with Gasteiger partial charge in [-0.05, 0) is 42.0 Å². The van der Waals surface area contributed by atoms with E-state index in [-0.39, 0.29) is 29.4 Å². The molecular weight excluding hydrogens is 469 g/mol. The molecule has 10 heteroatoms. The molecule has 0 unspecified atom stereocenters. The van der Waals surface area contributed by atoms with Crippen LogP contribution in [0.2, 0.25) is 0 Å². The molecule has 0 radical (unpaired) electrons. The molecule has 8 nitrogen and oxygen atoms in total.